The van der Waals surface area contributed by atoms with Crippen LogP contribution in [0.15, 0.2) is 12.2 Å². The molecule has 4 heteroatoms. The van der Waals surface area contributed by atoms with Gasteiger partial charge in [-0.15, -0.1) is 0 Å². The number of aliphatic carboxylic acids is 1. The van der Waals surface area contributed by atoms with Crippen molar-refractivity contribution < 1.29 is 14.7 Å². The lowest BCUT2D eigenvalue weighted by Gasteiger charge is -2.23. The van der Waals surface area contributed by atoms with E-state index in [1.807, 2.05) is 6.92 Å². The minimum atomic E-state index is -0.848. The summed E-state index contributed by atoms with van der Waals surface area (Å²) < 4.78 is 0. The molecule has 90 valence electrons. The molecule has 2 atom stereocenters. The summed E-state index contributed by atoms with van der Waals surface area (Å²) in [7, 11) is 1.70. The van der Waals surface area contributed by atoms with Gasteiger partial charge in [0.15, 0.2) is 0 Å². The molecule has 0 unspecified atom stereocenters. The monoisotopic (exact) mass is 225 g/mol. The van der Waals surface area contributed by atoms with Gasteiger partial charge in [0, 0.05) is 13.6 Å². The first-order valence-electron chi connectivity index (χ1n) is 5.55. The minimum Gasteiger partial charge on any atom is -0.481 e. The molecule has 4 nitrogen and oxygen atoms in total. The van der Waals surface area contributed by atoms with Crippen LogP contribution in [0.3, 0.4) is 0 Å². The number of rotatable bonds is 4. The molecule has 1 aliphatic rings. The van der Waals surface area contributed by atoms with Crippen LogP contribution in [0.2, 0.25) is 0 Å². The SMILES string of the molecule is C=C(C)CN(C)C(=O)[C@@H]1CCC[C@@H]1C(=O)O. The third kappa shape index (κ3) is 2.84. The van der Waals surface area contributed by atoms with Crippen LogP contribution in [0.25, 0.3) is 0 Å². The number of carbonyl (C=O) groups excluding carboxylic acids is 1. The first-order chi connectivity index (χ1) is 7.43. The molecular formula is C12H19NO3. The highest BCUT2D eigenvalue weighted by molar-refractivity contribution is 5.85. The average Bonchev–Trinajstić information content (AvgIpc) is 2.63. The zero-order valence-corrected chi connectivity index (χ0v) is 9.90. The number of hydrogen-bond donors (Lipinski definition) is 1. The Balaban J connectivity index is 2.65. The average molecular weight is 225 g/mol. The third-order valence-electron chi connectivity index (χ3n) is 3.03. The number of amides is 1. The summed E-state index contributed by atoms with van der Waals surface area (Å²) in [5.41, 5.74) is 0.903. The Bertz CT molecular complexity index is 311. The predicted molar refractivity (Wildman–Crippen MR) is 60.9 cm³/mol. The van der Waals surface area contributed by atoms with Crippen molar-refractivity contribution in [2.24, 2.45) is 11.8 Å². The highest BCUT2D eigenvalue weighted by Crippen LogP contribution is 2.33. The lowest BCUT2D eigenvalue weighted by Crippen LogP contribution is -2.37. The maximum absolute atomic E-state index is 12.0. The van der Waals surface area contributed by atoms with Crippen molar-refractivity contribution in [3.63, 3.8) is 0 Å². The van der Waals surface area contributed by atoms with E-state index < -0.39 is 11.9 Å². The van der Waals surface area contributed by atoms with Gasteiger partial charge in [0.2, 0.25) is 5.91 Å². The second kappa shape index (κ2) is 5.14. The zero-order chi connectivity index (χ0) is 12.3. The molecule has 16 heavy (non-hydrogen) atoms. The van der Waals surface area contributed by atoms with Crippen LogP contribution < -0.4 is 0 Å². The van der Waals surface area contributed by atoms with Gasteiger partial charge in [-0.05, 0) is 19.8 Å². The molecule has 1 amide bonds. The molecule has 1 N–H and O–H groups in total. The fourth-order valence-corrected chi connectivity index (χ4v) is 2.32. The predicted octanol–water partition coefficient (Wildman–Crippen LogP) is 1.52. The fraction of sp³-hybridized carbons (Fsp3) is 0.667. The van der Waals surface area contributed by atoms with Crippen LogP contribution in [-0.2, 0) is 9.59 Å². The van der Waals surface area contributed by atoms with Crippen LogP contribution >= 0.6 is 0 Å². The summed E-state index contributed by atoms with van der Waals surface area (Å²) in [5, 5.41) is 9.01. The normalized spacial score (nSPS) is 24.1. The smallest absolute Gasteiger partial charge is 0.307 e. The quantitative estimate of drug-likeness (QED) is 0.738. The van der Waals surface area contributed by atoms with Crippen molar-refractivity contribution in [3.05, 3.63) is 12.2 Å². The van der Waals surface area contributed by atoms with Gasteiger partial charge in [-0.25, -0.2) is 0 Å². The van der Waals surface area contributed by atoms with Crippen LogP contribution in [-0.4, -0.2) is 35.5 Å². The summed E-state index contributed by atoms with van der Waals surface area (Å²) in [6.07, 6.45) is 2.14. The van der Waals surface area contributed by atoms with E-state index in [2.05, 4.69) is 6.58 Å². The molecule has 0 aromatic heterocycles. The standard InChI is InChI=1S/C12H19NO3/c1-8(2)7-13(3)11(14)9-5-4-6-10(9)12(15)16/h9-10H,1,4-7H2,2-3H3,(H,15,16)/t9-,10+/m1/s1. The Morgan fingerprint density at radius 1 is 1.38 bits per heavy atom. The number of carboxylic acids is 1. The van der Waals surface area contributed by atoms with E-state index in [0.29, 0.717) is 19.4 Å². The molecule has 1 aliphatic carbocycles. The lowest BCUT2D eigenvalue weighted by atomic mass is 9.95. The lowest BCUT2D eigenvalue weighted by molar-refractivity contribution is -0.148. The van der Waals surface area contributed by atoms with E-state index in [0.717, 1.165) is 12.0 Å². The fourth-order valence-electron chi connectivity index (χ4n) is 2.32. The van der Waals surface area contributed by atoms with Gasteiger partial charge in [-0.1, -0.05) is 18.6 Å². The van der Waals surface area contributed by atoms with Crippen molar-refractivity contribution in [3.8, 4) is 0 Å². The van der Waals surface area contributed by atoms with Crippen molar-refractivity contribution >= 4 is 11.9 Å². The highest BCUT2D eigenvalue weighted by Gasteiger charge is 2.38. The Kier molecular flexibility index (Phi) is 4.10. The first-order valence-corrected chi connectivity index (χ1v) is 5.55. The molecule has 0 bridgehead atoms. The van der Waals surface area contributed by atoms with Gasteiger partial charge < -0.3 is 10.0 Å². The van der Waals surface area contributed by atoms with Gasteiger partial charge in [0.05, 0.1) is 11.8 Å². The Morgan fingerprint density at radius 2 is 1.94 bits per heavy atom. The summed E-state index contributed by atoms with van der Waals surface area (Å²) in [5.74, 6) is -1.76. The summed E-state index contributed by atoms with van der Waals surface area (Å²) >= 11 is 0. The van der Waals surface area contributed by atoms with Crippen molar-refractivity contribution in [1.82, 2.24) is 4.90 Å². The van der Waals surface area contributed by atoms with E-state index in [-0.39, 0.29) is 11.8 Å². The molecule has 0 aliphatic heterocycles. The van der Waals surface area contributed by atoms with Gasteiger partial charge >= 0.3 is 5.97 Å². The Labute approximate surface area is 95.9 Å². The van der Waals surface area contributed by atoms with Crippen molar-refractivity contribution in [2.45, 2.75) is 26.2 Å². The summed E-state index contributed by atoms with van der Waals surface area (Å²) in [6, 6.07) is 0. The molecular weight excluding hydrogens is 206 g/mol. The zero-order valence-electron chi connectivity index (χ0n) is 9.90. The number of likely N-dealkylation sites (N-methyl/N-ethyl adjacent to an activating group) is 1. The van der Waals surface area contributed by atoms with Crippen molar-refractivity contribution in [1.29, 1.82) is 0 Å². The molecule has 0 spiro atoms. The molecule has 0 aromatic carbocycles. The van der Waals surface area contributed by atoms with E-state index in [1.165, 1.54) is 0 Å². The Morgan fingerprint density at radius 3 is 2.44 bits per heavy atom. The molecule has 1 fully saturated rings. The molecule has 1 rings (SSSR count). The number of carbonyl (C=O) groups is 2. The van der Waals surface area contributed by atoms with E-state index in [4.69, 9.17) is 5.11 Å². The van der Waals surface area contributed by atoms with Gasteiger partial charge in [0.1, 0.15) is 0 Å². The second-order valence-electron chi connectivity index (χ2n) is 4.63. The van der Waals surface area contributed by atoms with Gasteiger partial charge in [0.25, 0.3) is 0 Å². The van der Waals surface area contributed by atoms with Gasteiger partial charge in [-0.2, -0.15) is 0 Å². The minimum absolute atomic E-state index is 0.0621. The molecule has 0 radical (unpaired) electrons. The second-order valence-corrected chi connectivity index (χ2v) is 4.63. The molecule has 0 aromatic rings. The summed E-state index contributed by atoms with van der Waals surface area (Å²) in [4.78, 5) is 24.6. The van der Waals surface area contributed by atoms with Crippen LogP contribution in [0, 0.1) is 11.8 Å². The van der Waals surface area contributed by atoms with Gasteiger partial charge in [-0.3, -0.25) is 9.59 Å². The molecule has 0 heterocycles. The van der Waals surface area contributed by atoms with E-state index in [1.54, 1.807) is 11.9 Å². The first kappa shape index (κ1) is 12.7. The molecule has 0 saturated heterocycles. The number of hydrogen-bond acceptors (Lipinski definition) is 2. The van der Waals surface area contributed by atoms with Crippen LogP contribution in [0.4, 0.5) is 0 Å². The number of nitrogens with zero attached hydrogens (tertiary/aromatic N) is 1. The van der Waals surface area contributed by atoms with Crippen LogP contribution in [0.1, 0.15) is 26.2 Å². The topological polar surface area (TPSA) is 57.6 Å². The van der Waals surface area contributed by atoms with Crippen molar-refractivity contribution in [2.75, 3.05) is 13.6 Å². The summed E-state index contributed by atoms with van der Waals surface area (Å²) in [6.45, 7) is 6.10. The van der Waals surface area contributed by atoms with E-state index in [9.17, 15) is 9.59 Å². The maximum atomic E-state index is 12.0. The largest absolute Gasteiger partial charge is 0.481 e. The Hall–Kier alpha value is -1.32. The molecule has 1 saturated carbocycles. The van der Waals surface area contributed by atoms with E-state index >= 15 is 0 Å². The van der Waals surface area contributed by atoms with Crippen LogP contribution in [0.5, 0.6) is 0 Å². The number of carboxylic acid groups (broad SMARTS) is 1. The maximum Gasteiger partial charge on any atom is 0.307 e. The third-order valence-corrected chi connectivity index (χ3v) is 3.03. The highest BCUT2D eigenvalue weighted by atomic mass is 16.4.